The maximum absolute atomic E-state index is 10.6. The van der Waals surface area contributed by atoms with Gasteiger partial charge in [-0.25, -0.2) is 0 Å². The molecule has 0 saturated carbocycles. The zero-order valence-corrected chi connectivity index (χ0v) is 7.60. The fraction of sp³-hybridized carbons (Fsp3) is 0.750. The first-order valence-corrected chi connectivity index (χ1v) is 4.05. The molecule has 0 spiro atoms. The normalized spacial score (nSPS) is 17.5. The van der Waals surface area contributed by atoms with Crippen LogP contribution in [-0.4, -0.2) is 33.4 Å². The molecular formula is C8H14O5. The minimum atomic E-state index is -1.27. The molecule has 0 rings (SSSR count). The number of aliphatic hydroxyl groups is 1. The fourth-order valence-electron chi connectivity index (χ4n) is 1.12. The van der Waals surface area contributed by atoms with E-state index in [1.807, 2.05) is 0 Å². The molecule has 0 radical (unpaired) electrons. The third-order valence-corrected chi connectivity index (χ3v) is 2.05. The van der Waals surface area contributed by atoms with Gasteiger partial charge in [-0.1, -0.05) is 13.8 Å². The van der Waals surface area contributed by atoms with Crippen molar-refractivity contribution in [2.45, 2.75) is 26.4 Å². The average Bonchev–Trinajstić information content (AvgIpc) is 2.03. The van der Waals surface area contributed by atoms with Gasteiger partial charge >= 0.3 is 11.9 Å². The second kappa shape index (κ2) is 4.81. The van der Waals surface area contributed by atoms with E-state index >= 15 is 0 Å². The smallest absolute Gasteiger partial charge is 0.310 e. The molecule has 3 N–H and O–H groups in total. The Bertz CT molecular complexity index is 201. The third kappa shape index (κ3) is 3.02. The summed E-state index contributed by atoms with van der Waals surface area (Å²) < 4.78 is 0. The van der Waals surface area contributed by atoms with E-state index in [0.29, 0.717) is 0 Å². The Kier molecular flexibility index (Phi) is 4.40. The van der Waals surface area contributed by atoms with Gasteiger partial charge in [0, 0.05) is 0 Å². The van der Waals surface area contributed by atoms with Crippen LogP contribution in [0.1, 0.15) is 20.3 Å². The molecule has 13 heavy (non-hydrogen) atoms. The van der Waals surface area contributed by atoms with E-state index in [9.17, 15) is 14.7 Å². The number of carbonyl (C=O) groups is 2. The van der Waals surface area contributed by atoms with Gasteiger partial charge < -0.3 is 15.3 Å². The lowest BCUT2D eigenvalue weighted by molar-refractivity contribution is -0.157. The topological polar surface area (TPSA) is 94.8 Å². The number of carboxylic acids is 2. The molecule has 0 aliphatic carbocycles. The van der Waals surface area contributed by atoms with E-state index in [1.165, 1.54) is 6.92 Å². The highest BCUT2D eigenvalue weighted by Crippen LogP contribution is 2.18. The van der Waals surface area contributed by atoms with Crippen LogP contribution in [0.15, 0.2) is 0 Å². The summed E-state index contributed by atoms with van der Waals surface area (Å²) in [6.45, 7) is 2.88. The number of aliphatic carboxylic acids is 2. The van der Waals surface area contributed by atoms with E-state index in [2.05, 4.69) is 0 Å². The van der Waals surface area contributed by atoms with Gasteiger partial charge in [0.05, 0.1) is 17.9 Å². The summed E-state index contributed by atoms with van der Waals surface area (Å²) in [5, 5.41) is 26.5. The molecule has 3 atom stereocenters. The van der Waals surface area contributed by atoms with Gasteiger partial charge in [0.15, 0.2) is 0 Å². The standard InChI is InChI=1S/C8H14O5/c1-3-5(9)6(8(12)13)4(2)7(10)11/h4-6,9H,3H2,1-2H3,(H,10,11)(H,12,13). The first kappa shape index (κ1) is 11.9. The summed E-state index contributed by atoms with van der Waals surface area (Å²) in [6.07, 6.45) is -0.877. The highest BCUT2D eigenvalue weighted by Gasteiger charge is 2.34. The zero-order chi connectivity index (χ0) is 10.6. The average molecular weight is 190 g/mol. The van der Waals surface area contributed by atoms with Crippen LogP contribution in [0.4, 0.5) is 0 Å². The maximum atomic E-state index is 10.6. The van der Waals surface area contributed by atoms with E-state index in [4.69, 9.17) is 10.2 Å². The van der Waals surface area contributed by atoms with Crippen LogP contribution >= 0.6 is 0 Å². The quantitative estimate of drug-likeness (QED) is 0.574. The summed E-state index contributed by atoms with van der Waals surface area (Å²) in [7, 11) is 0. The Morgan fingerprint density at radius 2 is 1.69 bits per heavy atom. The van der Waals surface area contributed by atoms with Crippen LogP contribution in [0.25, 0.3) is 0 Å². The lowest BCUT2D eigenvalue weighted by atomic mass is 9.88. The molecule has 0 aromatic carbocycles. The molecule has 0 saturated heterocycles. The maximum Gasteiger partial charge on any atom is 0.310 e. The second-order valence-corrected chi connectivity index (χ2v) is 2.97. The van der Waals surface area contributed by atoms with E-state index < -0.39 is 29.9 Å². The van der Waals surface area contributed by atoms with Crippen molar-refractivity contribution in [3.8, 4) is 0 Å². The molecule has 76 valence electrons. The molecule has 0 aliphatic heterocycles. The van der Waals surface area contributed by atoms with Gasteiger partial charge in [-0.05, 0) is 6.42 Å². The predicted molar refractivity (Wildman–Crippen MR) is 44.2 cm³/mol. The lowest BCUT2D eigenvalue weighted by Crippen LogP contribution is -2.36. The van der Waals surface area contributed by atoms with Crippen LogP contribution in [0.2, 0.25) is 0 Å². The number of hydrogen-bond donors (Lipinski definition) is 3. The molecule has 0 heterocycles. The summed E-state index contributed by atoms with van der Waals surface area (Å²) in [5.74, 6) is -4.79. The minimum Gasteiger partial charge on any atom is -0.481 e. The van der Waals surface area contributed by atoms with E-state index in [-0.39, 0.29) is 6.42 Å². The molecule has 0 bridgehead atoms. The van der Waals surface area contributed by atoms with Crippen LogP contribution in [0, 0.1) is 11.8 Å². The Labute approximate surface area is 76.0 Å². The summed E-state index contributed by atoms with van der Waals surface area (Å²) >= 11 is 0. The van der Waals surface area contributed by atoms with Crippen molar-refractivity contribution in [1.82, 2.24) is 0 Å². The highest BCUT2D eigenvalue weighted by molar-refractivity contribution is 5.80. The van der Waals surface area contributed by atoms with Gasteiger partial charge in [0.1, 0.15) is 0 Å². The zero-order valence-electron chi connectivity index (χ0n) is 7.60. The highest BCUT2D eigenvalue weighted by atomic mass is 16.4. The summed E-state index contributed by atoms with van der Waals surface area (Å²) in [6, 6.07) is 0. The van der Waals surface area contributed by atoms with Gasteiger partial charge in [0.2, 0.25) is 0 Å². The molecular weight excluding hydrogens is 176 g/mol. The monoisotopic (exact) mass is 190 g/mol. The van der Waals surface area contributed by atoms with Gasteiger partial charge in [-0.3, -0.25) is 9.59 Å². The lowest BCUT2D eigenvalue weighted by Gasteiger charge is -2.20. The Morgan fingerprint density at radius 3 is 1.92 bits per heavy atom. The summed E-state index contributed by atoms with van der Waals surface area (Å²) in [4.78, 5) is 21.1. The second-order valence-electron chi connectivity index (χ2n) is 2.97. The van der Waals surface area contributed by atoms with Crippen LogP contribution in [0.5, 0.6) is 0 Å². The predicted octanol–water partition coefficient (Wildman–Crippen LogP) is 0.179. The number of aliphatic hydroxyl groups excluding tert-OH is 1. The van der Waals surface area contributed by atoms with Crippen LogP contribution in [-0.2, 0) is 9.59 Å². The number of hydrogen-bond acceptors (Lipinski definition) is 3. The Balaban J connectivity index is 4.60. The Hall–Kier alpha value is -1.10. The van der Waals surface area contributed by atoms with Crippen molar-refractivity contribution in [2.24, 2.45) is 11.8 Å². The molecule has 5 nitrogen and oxygen atoms in total. The number of carboxylic acid groups (broad SMARTS) is 2. The Morgan fingerprint density at radius 1 is 1.23 bits per heavy atom. The molecule has 3 unspecified atom stereocenters. The van der Waals surface area contributed by atoms with Gasteiger partial charge in [-0.15, -0.1) is 0 Å². The molecule has 0 aliphatic rings. The van der Waals surface area contributed by atoms with E-state index in [0.717, 1.165) is 0 Å². The third-order valence-electron chi connectivity index (χ3n) is 2.05. The molecule has 0 amide bonds. The minimum absolute atomic E-state index is 0.231. The van der Waals surface area contributed by atoms with Crippen molar-refractivity contribution < 1.29 is 24.9 Å². The van der Waals surface area contributed by atoms with Crippen molar-refractivity contribution >= 4 is 11.9 Å². The van der Waals surface area contributed by atoms with Gasteiger partial charge in [-0.2, -0.15) is 0 Å². The summed E-state index contributed by atoms with van der Waals surface area (Å²) in [5.41, 5.74) is 0. The largest absolute Gasteiger partial charge is 0.481 e. The fourth-order valence-corrected chi connectivity index (χ4v) is 1.12. The molecule has 0 aromatic rings. The van der Waals surface area contributed by atoms with Crippen molar-refractivity contribution in [3.63, 3.8) is 0 Å². The molecule has 0 fully saturated rings. The molecule has 0 aromatic heterocycles. The molecule has 5 heteroatoms. The van der Waals surface area contributed by atoms with Crippen LogP contribution in [0.3, 0.4) is 0 Å². The first-order valence-electron chi connectivity index (χ1n) is 4.05. The van der Waals surface area contributed by atoms with E-state index in [1.54, 1.807) is 6.92 Å². The van der Waals surface area contributed by atoms with Crippen molar-refractivity contribution in [2.75, 3.05) is 0 Å². The van der Waals surface area contributed by atoms with Crippen molar-refractivity contribution in [1.29, 1.82) is 0 Å². The van der Waals surface area contributed by atoms with Crippen LogP contribution < -0.4 is 0 Å². The first-order chi connectivity index (χ1) is 5.91. The van der Waals surface area contributed by atoms with Gasteiger partial charge in [0.25, 0.3) is 0 Å². The SMILES string of the molecule is CCC(O)C(C(=O)O)C(C)C(=O)O. The van der Waals surface area contributed by atoms with Crippen molar-refractivity contribution in [3.05, 3.63) is 0 Å². The number of rotatable bonds is 5.